The second-order valence-corrected chi connectivity index (χ2v) is 7.04. The van der Waals surface area contributed by atoms with Crippen molar-refractivity contribution in [1.82, 2.24) is 9.88 Å². The molecule has 0 bridgehead atoms. The van der Waals surface area contributed by atoms with Crippen molar-refractivity contribution < 1.29 is 18.7 Å². The lowest BCUT2D eigenvalue weighted by atomic mass is 10.2. The third kappa shape index (κ3) is 4.69. The Morgan fingerprint density at radius 2 is 1.87 bits per heavy atom. The van der Waals surface area contributed by atoms with Gasteiger partial charge in [-0.3, -0.25) is 9.59 Å². The highest BCUT2D eigenvalue weighted by Crippen LogP contribution is 2.21. The average Bonchev–Trinajstić information content (AvgIpc) is 3.35. The van der Waals surface area contributed by atoms with Gasteiger partial charge < -0.3 is 24.3 Å². The zero-order chi connectivity index (χ0) is 21.6. The van der Waals surface area contributed by atoms with Gasteiger partial charge in [0.2, 0.25) is 0 Å². The average molecular weight is 420 g/mol. The van der Waals surface area contributed by atoms with Crippen molar-refractivity contribution in [2.75, 3.05) is 43.0 Å². The molecule has 0 aliphatic carbocycles. The minimum Gasteiger partial charge on any atom is -0.493 e. The number of para-hydroxylation sites is 1. The summed E-state index contributed by atoms with van der Waals surface area (Å²) in [7, 11) is 0. The van der Waals surface area contributed by atoms with Gasteiger partial charge in [0, 0.05) is 26.2 Å². The first kappa shape index (κ1) is 20.5. The Kier molecular flexibility index (Phi) is 6.16. The second-order valence-electron chi connectivity index (χ2n) is 7.04. The van der Waals surface area contributed by atoms with Crippen LogP contribution in [0.3, 0.4) is 0 Å². The fourth-order valence-corrected chi connectivity index (χ4v) is 3.48. The van der Waals surface area contributed by atoms with E-state index in [0.717, 1.165) is 5.82 Å². The van der Waals surface area contributed by atoms with Crippen molar-refractivity contribution >= 4 is 23.3 Å². The summed E-state index contributed by atoms with van der Waals surface area (Å²) in [5, 5.41) is 2.86. The Morgan fingerprint density at radius 1 is 1.06 bits per heavy atom. The molecule has 160 valence electrons. The number of nitrogens with one attached hydrogen (secondary N) is 1. The first-order chi connectivity index (χ1) is 15.2. The van der Waals surface area contributed by atoms with Gasteiger partial charge in [-0.05, 0) is 43.3 Å². The number of anilines is 2. The lowest BCUT2D eigenvalue weighted by Crippen LogP contribution is -2.49. The number of ether oxygens (including phenoxy) is 1. The maximum atomic E-state index is 12.6. The molecule has 0 radical (unpaired) electrons. The van der Waals surface area contributed by atoms with Crippen LogP contribution in [0.5, 0.6) is 5.75 Å². The molecule has 4 rings (SSSR count). The molecule has 2 amide bonds. The monoisotopic (exact) mass is 420 g/mol. The zero-order valence-corrected chi connectivity index (χ0v) is 17.3. The fourth-order valence-electron chi connectivity index (χ4n) is 3.48. The van der Waals surface area contributed by atoms with Gasteiger partial charge in [0.1, 0.15) is 11.6 Å². The van der Waals surface area contributed by atoms with Crippen LogP contribution in [0.15, 0.2) is 65.4 Å². The summed E-state index contributed by atoms with van der Waals surface area (Å²) in [6.07, 6.45) is 3.14. The van der Waals surface area contributed by atoms with Crippen LogP contribution in [0, 0.1) is 0 Å². The molecule has 0 unspecified atom stereocenters. The lowest BCUT2D eigenvalue weighted by Gasteiger charge is -2.35. The minimum absolute atomic E-state index is 0.0944. The largest absolute Gasteiger partial charge is 0.493 e. The van der Waals surface area contributed by atoms with Crippen LogP contribution < -0.4 is 15.0 Å². The molecule has 0 atom stereocenters. The van der Waals surface area contributed by atoms with Crippen LogP contribution in [0.25, 0.3) is 0 Å². The molecular weight excluding hydrogens is 396 g/mol. The standard InChI is InChI=1S/C23H24N4O4/c1-2-30-19-7-4-3-6-18(19)22(28)25-17-9-10-21(24-16-17)26-11-13-27(14-12-26)23(29)20-8-5-15-31-20/h3-10,15-16H,2,11-14H2,1H3,(H,25,28). The van der Waals surface area contributed by atoms with Crippen LogP contribution in [0.2, 0.25) is 0 Å². The number of furan rings is 1. The molecule has 2 aromatic heterocycles. The first-order valence-electron chi connectivity index (χ1n) is 10.2. The molecule has 1 aliphatic rings. The number of hydrogen-bond acceptors (Lipinski definition) is 6. The molecule has 8 heteroatoms. The normalized spacial score (nSPS) is 13.7. The molecular formula is C23H24N4O4. The number of benzene rings is 1. The molecule has 0 spiro atoms. The molecule has 3 aromatic rings. The lowest BCUT2D eigenvalue weighted by molar-refractivity contribution is 0.0714. The Bertz CT molecular complexity index is 1030. The topological polar surface area (TPSA) is 87.9 Å². The van der Waals surface area contributed by atoms with Gasteiger partial charge >= 0.3 is 0 Å². The number of hydrogen-bond donors (Lipinski definition) is 1. The Hall–Kier alpha value is -3.81. The molecule has 31 heavy (non-hydrogen) atoms. The quantitative estimate of drug-likeness (QED) is 0.658. The van der Waals surface area contributed by atoms with Gasteiger partial charge in [0.25, 0.3) is 11.8 Å². The van der Waals surface area contributed by atoms with E-state index >= 15 is 0 Å². The minimum atomic E-state index is -0.247. The molecule has 0 saturated carbocycles. The van der Waals surface area contributed by atoms with E-state index in [0.29, 0.717) is 55.5 Å². The summed E-state index contributed by atoms with van der Waals surface area (Å²) in [6.45, 7) is 4.90. The van der Waals surface area contributed by atoms with Gasteiger partial charge in [0.15, 0.2) is 5.76 Å². The number of amides is 2. The van der Waals surface area contributed by atoms with Gasteiger partial charge in [-0.1, -0.05) is 12.1 Å². The van der Waals surface area contributed by atoms with Crippen molar-refractivity contribution in [3.05, 3.63) is 72.3 Å². The number of aromatic nitrogens is 1. The predicted molar refractivity (Wildman–Crippen MR) is 117 cm³/mol. The molecule has 1 N–H and O–H groups in total. The van der Waals surface area contributed by atoms with Crippen molar-refractivity contribution in [2.24, 2.45) is 0 Å². The summed E-state index contributed by atoms with van der Waals surface area (Å²) in [5.74, 6) is 1.37. The van der Waals surface area contributed by atoms with Gasteiger partial charge in [0.05, 0.1) is 30.3 Å². The van der Waals surface area contributed by atoms with Gasteiger partial charge in [-0.2, -0.15) is 0 Å². The maximum absolute atomic E-state index is 12.6. The fraction of sp³-hybridized carbons (Fsp3) is 0.261. The maximum Gasteiger partial charge on any atom is 0.289 e. The van der Waals surface area contributed by atoms with E-state index in [1.54, 1.807) is 41.4 Å². The van der Waals surface area contributed by atoms with E-state index in [-0.39, 0.29) is 11.8 Å². The van der Waals surface area contributed by atoms with Crippen molar-refractivity contribution in [3.63, 3.8) is 0 Å². The van der Waals surface area contributed by atoms with E-state index in [9.17, 15) is 9.59 Å². The van der Waals surface area contributed by atoms with Gasteiger partial charge in [-0.25, -0.2) is 4.98 Å². The van der Waals surface area contributed by atoms with Crippen LogP contribution in [-0.4, -0.2) is 54.5 Å². The highest BCUT2D eigenvalue weighted by molar-refractivity contribution is 6.06. The zero-order valence-electron chi connectivity index (χ0n) is 17.3. The molecule has 1 saturated heterocycles. The second kappa shape index (κ2) is 9.34. The number of carbonyl (C=O) groups excluding carboxylic acids is 2. The number of pyridine rings is 1. The van der Waals surface area contributed by atoms with E-state index in [1.807, 2.05) is 25.1 Å². The molecule has 1 aromatic carbocycles. The highest BCUT2D eigenvalue weighted by Gasteiger charge is 2.24. The van der Waals surface area contributed by atoms with E-state index < -0.39 is 0 Å². The molecule has 1 fully saturated rings. The van der Waals surface area contributed by atoms with Gasteiger partial charge in [-0.15, -0.1) is 0 Å². The van der Waals surface area contributed by atoms with E-state index in [1.165, 1.54) is 6.26 Å². The summed E-state index contributed by atoms with van der Waals surface area (Å²) in [4.78, 5) is 33.4. The van der Waals surface area contributed by atoms with Crippen LogP contribution in [0.1, 0.15) is 27.8 Å². The predicted octanol–water partition coefficient (Wildman–Crippen LogP) is 3.29. The highest BCUT2D eigenvalue weighted by atomic mass is 16.5. The number of piperazine rings is 1. The third-order valence-electron chi connectivity index (χ3n) is 5.06. The van der Waals surface area contributed by atoms with Crippen molar-refractivity contribution in [2.45, 2.75) is 6.92 Å². The van der Waals surface area contributed by atoms with Crippen molar-refractivity contribution in [3.8, 4) is 5.75 Å². The van der Waals surface area contributed by atoms with Crippen molar-refractivity contribution in [1.29, 1.82) is 0 Å². The number of nitrogens with zero attached hydrogens (tertiary/aromatic N) is 3. The Morgan fingerprint density at radius 3 is 2.55 bits per heavy atom. The first-order valence-corrected chi connectivity index (χ1v) is 10.2. The summed E-state index contributed by atoms with van der Waals surface area (Å²) < 4.78 is 10.7. The SMILES string of the molecule is CCOc1ccccc1C(=O)Nc1ccc(N2CCN(C(=O)c3ccco3)CC2)nc1. The van der Waals surface area contributed by atoms with Crippen LogP contribution >= 0.6 is 0 Å². The summed E-state index contributed by atoms with van der Waals surface area (Å²) in [5.41, 5.74) is 1.08. The molecule has 8 nitrogen and oxygen atoms in total. The molecule has 3 heterocycles. The summed E-state index contributed by atoms with van der Waals surface area (Å²) >= 11 is 0. The van der Waals surface area contributed by atoms with E-state index in [4.69, 9.17) is 9.15 Å². The smallest absolute Gasteiger partial charge is 0.289 e. The van der Waals surface area contributed by atoms with E-state index in [2.05, 4.69) is 15.2 Å². The Labute approximate surface area is 180 Å². The third-order valence-corrected chi connectivity index (χ3v) is 5.06. The molecule has 1 aliphatic heterocycles. The number of rotatable bonds is 6. The van der Waals surface area contributed by atoms with Crippen LogP contribution in [-0.2, 0) is 0 Å². The Balaban J connectivity index is 1.35. The summed E-state index contributed by atoms with van der Waals surface area (Å²) in [6, 6.07) is 14.2. The van der Waals surface area contributed by atoms with Crippen LogP contribution in [0.4, 0.5) is 11.5 Å². The number of carbonyl (C=O) groups is 2.